The van der Waals surface area contributed by atoms with Gasteiger partial charge < -0.3 is 9.57 Å². The van der Waals surface area contributed by atoms with Crippen molar-refractivity contribution in [2.24, 2.45) is 0 Å². The average molecular weight is 398 g/mol. The minimum Gasteiger partial charge on any atom is -0.471 e. The maximum atomic E-state index is 12.8. The number of nitrogens with zero attached hydrogens (tertiary/aromatic N) is 2. The summed E-state index contributed by atoms with van der Waals surface area (Å²) in [7, 11) is 0. The van der Waals surface area contributed by atoms with Gasteiger partial charge in [0.25, 0.3) is 11.8 Å². The molecule has 2 amide bonds. The molecule has 0 bridgehead atoms. The van der Waals surface area contributed by atoms with E-state index in [0.29, 0.717) is 5.06 Å². The number of rotatable bonds is 6. The lowest BCUT2D eigenvalue weighted by atomic mass is 10.1. The van der Waals surface area contributed by atoms with E-state index in [0.717, 1.165) is 18.3 Å². The molecule has 11 heteroatoms. The summed E-state index contributed by atoms with van der Waals surface area (Å²) in [6, 6.07) is 7.88. The van der Waals surface area contributed by atoms with Crippen LogP contribution in [0.1, 0.15) is 31.1 Å². The van der Waals surface area contributed by atoms with Crippen molar-refractivity contribution in [3.05, 3.63) is 59.3 Å². The first kappa shape index (κ1) is 19.3. The van der Waals surface area contributed by atoms with E-state index in [4.69, 9.17) is 4.84 Å². The Morgan fingerprint density at radius 2 is 1.68 bits per heavy atom. The summed E-state index contributed by atoms with van der Waals surface area (Å²) in [6.07, 6.45) is -3.04. The van der Waals surface area contributed by atoms with Crippen LogP contribution in [0.4, 0.5) is 17.6 Å². The third-order valence-electron chi connectivity index (χ3n) is 3.63. The molecule has 0 atom stereocenters. The molecular formula is C17H10F4N2O5. The van der Waals surface area contributed by atoms with Gasteiger partial charge in [-0.15, -0.1) is 0 Å². The summed E-state index contributed by atoms with van der Waals surface area (Å²) in [5, 5.41) is 0.292. The molecule has 0 spiro atoms. The Labute approximate surface area is 154 Å². The second kappa shape index (κ2) is 7.25. The Balaban J connectivity index is 1.65. The minimum absolute atomic E-state index is 0.0714. The van der Waals surface area contributed by atoms with Crippen molar-refractivity contribution in [1.29, 1.82) is 0 Å². The molecule has 3 rings (SSSR count). The molecule has 0 aliphatic carbocycles. The lowest BCUT2D eigenvalue weighted by molar-refractivity contribution is -0.148. The van der Waals surface area contributed by atoms with E-state index in [1.807, 2.05) is 0 Å². The summed E-state index contributed by atoms with van der Waals surface area (Å²) >= 11 is 0. The van der Waals surface area contributed by atoms with Gasteiger partial charge in [0, 0.05) is 12.3 Å². The number of pyridine rings is 1. The van der Waals surface area contributed by atoms with Crippen molar-refractivity contribution in [3.8, 4) is 5.88 Å². The fourth-order valence-electron chi connectivity index (χ4n) is 2.21. The lowest BCUT2D eigenvalue weighted by Gasteiger charge is -2.15. The van der Waals surface area contributed by atoms with Gasteiger partial charge in [0.2, 0.25) is 5.88 Å². The first-order valence-electron chi connectivity index (χ1n) is 7.65. The van der Waals surface area contributed by atoms with Gasteiger partial charge in [-0.3, -0.25) is 9.59 Å². The highest BCUT2D eigenvalue weighted by molar-refractivity contribution is 6.21. The Hall–Kier alpha value is -3.50. The van der Waals surface area contributed by atoms with Gasteiger partial charge in [-0.1, -0.05) is 17.2 Å². The zero-order valence-corrected chi connectivity index (χ0v) is 13.8. The van der Waals surface area contributed by atoms with E-state index < -0.39 is 42.6 Å². The van der Waals surface area contributed by atoms with Crippen LogP contribution in [-0.4, -0.2) is 46.8 Å². The van der Waals surface area contributed by atoms with E-state index in [1.165, 1.54) is 24.3 Å². The van der Waals surface area contributed by atoms with Crippen LogP contribution < -0.4 is 4.74 Å². The van der Waals surface area contributed by atoms with Crippen LogP contribution >= 0.6 is 0 Å². The molecule has 0 N–H and O–H groups in total. The summed E-state index contributed by atoms with van der Waals surface area (Å²) in [5.41, 5.74) is -0.0891. The van der Waals surface area contributed by atoms with Crippen LogP contribution in [-0.2, 0) is 4.84 Å². The highest BCUT2D eigenvalue weighted by atomic mass is 19.3. The highest BCUT2D eigenvalue weighted by Gasteiger charge is 2.42. The zero-order chi connectivity index (χ0) is 20.5. The number of hydrogen-bond donors (Lipinski definition) is 0. The maximum absolute atomic E-state index is 12.8. The molecule has 1 aliphatic heterocycles. The van der Waals surface area contributed by atoms with Crippen molar-refractivity contribution >= 4 is 17.8 Å². The average Bonchev–Trinajstić information content (AvgIpc) is 2.92. The van der Waals surface area contributed by atoms with E-state index >= 15 is 0 Å². The Morgan fingerprint density at radius 3 is 2.18 bits per heavy atom. The molecule has 7 nitrogen and oxygen atoms in total. The second-order valence-electron chi connectivity index (χ2n) is 5.56. The fraction of sp³-hybridized carbons (Fsp3) is 0.176. The van der Waals surface area contributed by atoms with Gasteiger partial charge in [0.05, 0.1) is 16.7 Å². The number of fused-ring (bicyclic) bond motifs is 1. The normalized spacial score (nSPS) is 13.7. The van der Waals surface area contributed by atoms with Crippen molar-refractivity contribution in [1.82, 2.24) is 10.0 Å². The van der Waals surface area contributed by atoms with Gasteiger partial charge in [0.1, 0.15) is 0 Å². The van der Waals surface area contributed by atoms with Gasteiger partial charge >= 0.3 is 18.3 Å². The largest absolute Gasteiger partial charge is 0.471 e. The number of carbonyl (C=O) groups excluding carboxylic acids is 3. The van der Waals surface area contributed by atoms with Crippen LogP contribution in [0.5, 0.6) is 5.88 Å². The molecule has 1 aliphatic rings. The fourth-order valence-corrected chi connectivity index (χ4v) is 2.21. The molecule has 2 aromatic rings. The van der Waals surface area contributed by atoms with Gasteiger partial charge in [-0.25, -0.2) is 18.6 Å². The van der Waals surface area contributed by atoms with Crippen LogP contribution in [0.3, 0.4) is 0 Å². The number of halogens is 4. The topological polar surface area (TPSA) is 85.8 Å². The summed E-state index contributed by atoms with van der Waals surface area (Å²) in [5.74, 6) is -7.55. The van der Waals surface area contributed by atoms with E-state index in [9.17, 15) is 31.9 Å². The number of amides is 2. The third-order valence-corrected chi connectivity index (χ3v) is 3.63. The molecular weight excluding hydrogens is 388 g/mol. The first-order valence-corrected chi connectivity index (χ1v) is 7.65. The second-order valence-corrected chi connectivity index (χ2v) is 5.56. The molecule has 1 aromatic carbocycles. The Bertz CT molecular complexity index is 898. The summed E-state index contributed by atoms with van der Waals surface area (Å²) in [4.78, 5) is 44.6. The molecule has 2 heterocycles. The number of ether oxygens (including phenoxy) is 1. The predicted molar refractivity (Wildman–Crippen MR) is 83.0 cm³/mol. The van der Waals surface area contributed by atoms with Gasteiger partial charge in [0.15, 0.2) is 6.61 Å². The quantitative estimate of drug-likeness (QED) is 0.550. The zero-order valence-electron chi connectivity index (χ0n) is 13.8. The molecule has 1 aromatic heterocycles. The van der Waals surface area contributed by atoms with Crippen molar-refractivity contribution < 1.29 is 41.5 Å². The monoisotopic (exact) mass is 398 g/mol. The molecule has 0 radical (unpaired) electrons. The first-order chi connectivity index (χ1) is 13.2. The molecule has 0 saturated carbocycles. The number of carbonyl (C=O) groups is 3. The number of hydrogen-bond acceptors (Lipinski definition) is 6. The number of hydroxylamine groups is 2. The van der Waals surface area contributed by atoms with Crippen LogP contribution in [0.2, 0.25) is 0 Å². The van der Waals surface area contributed by atoms with Gasteiger partial charge in [-0.2, -0.15) is 8.78 Å². The summed E-state index contributed by atoms with van der Waals surface area (Å²) < 4.78 is 54.2. The standard InChI is InChI=1S/C17H10F4N2O5/c18-16(19)17(20,21)8-27-12-6-5-9(7-22-12)15(26)28-23-13(24)10-3-1-2-4-11(10)14(23)25/h1-7,16H,8H2. The van der Waals surface area contributed by atoms with Crippen LogP contribution in [0, 0.1) is 0 Å². The Kier molecular flexibility index (Phi) is 4.99. The van der Waals surface area contributed by atoms with Crippen molar-refractivity contribution in [2.75, 3.05) is 6.61 Å². The highest BCUT2D eigenvalue weighted by Crippen LogP contribution is 2.25. The number of alkyl halides is 4. The van der Waals surface area contributed by atoms with Crippen LogP contribution in [0.15, 0.2) is 42.6 Å². The number of imide groups is 1. The lowest BCUT2D eigenvalue weighted by Crippen LogP contribution is -2.34. The smallest absolute Gasteiger partial charge is 0.365 e. The molecule has 0 fully saturated rings. The molecule has 0 unspecified atom stereocenters. The number of benzene rings is 1. The van der Waals surface area contributed by atoms with Crippen molar-refractivity contribution in [3.63, 3.8) is 0 Å². The number of aromatic nitrogens is 1. The molecule has 28 heavy (non-hydrogen) atoms. The third kappa shape index (κ3) is 3.63. The van der Waals surface area contributed by atoms with E-state index in [1.54, 1.807) is 0 Å². The Morgan fingerprint density at radius 1 is 1.07 bits per heavy atom. The van der Waals surface area contributed by atoms with Gasteiger partial charge in [-0.05, 0) is 18.2 Å². The van der Waals surface area contributed by atoms with Crippen molar-refractivity contribution in [2.45, 2.75) is 12.3 Å². The predicted octanol–water partition coefficient (Wildman–Crippen LogP) is 2.73. The molecule has 0 saturated heterocycles. The molecule has 146 valence electrons. The maximum Gasteiger partial charge on any atom is 0.365 e. The van der Waals surface area contributed by atoms with Crippen LogP contribution in [0.25, 0.3) is 0 Å². The SMILES string of the molecule is O=C(ON1C(=O)c2ccccc2C1=O)c1ccc(OCC(F)(F)C(F)F)nc1. The minimum atomic E-state index is -4.36. The van der Waals surface area contributed by atoms with E-state index in [-0.39, 0.29) is 16.7 Å². The summed E-state index contributed by atoms with van der Waals surface area (Å²) in [6.45, 7) is -1.60. The van der Waals surface area contributed by atoms with E-state index in [2.05, 4.69) is 9.72 Å².